The highest BCUT2D eigenvalue weighted by Crippen LogP contribution is 2.24. The van der Waals surface area contributed by atoms with Crippen LogP contribution >= 0.6 is 0 Å². The first-order valence-electron chi connectivity index (χ1n) is 8.27. The molecule has 1 aromatic carbocycles. The lowest BCUT2D eigenvalue weighted by molar-refractivity contribution is -0.131. The summed E-state index contributed by atoms with van der Waals surface area (Å²) in [6.07, 6.45) is 0. The molecule has 2 amide bonds. The van der Waals surface area contributed by atoms with Crippen LogP contribution in [-0.2, 0) is 4.79 Å². The Labute approximate surface area is 146 Å². The number of likely N-dealkylation sites (N-methyl/N-ethyl adjacent to an activating group) is 1. The third-order valence-corrected chi connectivity index (χ3v) is 4.39. The molecule has 1 aliphatic rings. The van der Waals surface area contributed by atoms with Crippen LogP contribution in [-0.4, -0.2) is 73.5 Å². The number of hydrogen-bond acceptors (Lipinski definition) is 5. The fourth-order valence-electron chi connectivity index (χ4n) is 2.84. The molecule has 132 valence electrons. The third-order valence-electron chi connectivity index (χ3n) is 4.39. The van der Waals surface area contributed by atoms with Crippen LogP contribution in [0.4, 0.5) is 0 Å². The van der Waals surface area contributed by atoms with Gasteiger partial charge in [0, 0.05) is 37.6 Å². The molecule has 2 aromatic rings. The van der Waals surface area contributed by atoms with Crippen LogP contribution in [0.3, 0.4) is 0 Å². The average molecular weight is 342 g/mol. The van der Waals surface area contributed by atoms with Gasteiger partial charge in [0.25, 0.3) is 5.91 Å². The minimum absolute atomic E-state index is 0.0284. The number of piperazine rings is 1. The van der Waals surface area contributed by atoms with E-state index in [1.54, 1.807) is 18.1 Å². The highest BCUT2D eigenvalue weighted by Gasteiger charge is 2.20. The normalized spacial score (nSPS) is 15.2. The molecule has 0 spiro atoms. The molecule has 0 bridgehead atoms. The Kier molecular flexibility index (Phi) is 5.14. The fourth-order valence-corrected chi connectivity index (χ4v) is 2.84. The van der Waals surface area contributed by atoms with Gasteiger partial charge in [-0.25, -0.2) is 4.98 Å². The van der Waals surface area contributed by atoms with E-state index < -0.39 is 0 Å². The van der Waals surface area contributed by atoms with Gasteiger partial charge in [-0.15, -0.1) is 0 Å². The van der Waals surface area contributed by atoms with E-state index in [-0.39, 0.29) is 24.1 Å². The molecular weight excluding hydrogens is 320 g/mol. The number of amides is 2. The lowest BCUT2D eigenvalue weighted by atomic mass is 10.1. The second-order valence-corrected chi connectivity index (χ2v) is 6.09. The molecule has 0 atom stereocenters. The topological polar surface area (TPSA) is 74.8 Å². The molecule has 0 aliphatic carbocycles. The summed E-state index contributed by atoms with van der Waals surface area (Å²) in [5.74, 6) is 0.127. The standard InChI is InChI=1S/C18H22N4O3/c1-21-7-9-22(10-8-21)17(23)12-19-18(24)15-11-16(25-2)13-5-3-4-6-14(13)20-15/h3-6,11H,7-10,12H2,1-2H3,(H,19,24). The number of benzene rings is 1. The zero-order valence-electron chi connectivity index (χ0n) is 14.5. The molecule has 1 aromatic heterocycles. The summed E-state index contributed by atoms with van der Waals surface area (Å²) in [4.78, 5) is 32.9. The molecule has 25 heavy (non-hydrogen) atoms. The van der Waals surface area contributed by atoms with E-state index in [2.05, 4.69) is 15.2 Å². The van der Waals surface area contributed by atoms with Crippen molar-refractivity contribution < 1.29 is 14.3 Å². The number of rotatable bonds is 4. The van der Waals surface area contributed by atoms with Crippen LogP contribution in [0, 0.1) is 0 Å². The minimum Gasteiger partial charge on any atom is -0.496 e. The molecule has 1 N–H and O–H groups in total. The summed E-state index contributed by atoms with van der Waals surface area (Å²) in [5, 5.41) is 3.50. The Morgan fingerprint density at radius 2 is 1.92 bits per heavy atom. The Hall–Kier alpha value is -2.67. The highest BCUT2D eigenvalue weighted by molar-refractivity contribution is 5.98. The van der Waals surface area contributed by atoms with Crippen molar-refractivity contribution in [2.24, 2.45) is 0 Å². The zero-order valence-corrected chi connectivity index (χ0v) is 14.5. The van der Waals surface area contributed by atoms with Crippen molar-refractivity contribution in [3.63, 3.8) is 0 Å². The van der Waals surface area contributed by atoms with Crippen LogP contribution in [0.15, 0.2) is 30.3 Å². The van der Waals surface area contributed by atoms with E-state index in [1.807, 2.05) is 31.3 Å². The maximum atomic E-state index is 12.4. The average Bonchev–Trinajstić information content (AvgIpc) is 2.65. The number of fused-ring (bicyclic) bond motifs is 1. The van der Waals surface area contributed by atoms with E-state index in [0.717, 1.165) is 18.5 Å². The van der Waals surface area contributed by atoms with Crippen LogP contribution in [0.2, 0.25) is 0 Å². The highest BCUT2D eigenvalue weighted by atomic mass is 16.5. The number of methoxy groups -OCH3 is 1. The predicted octanol–water partition coefficient (Wildman–Crippen LogP) is 0.747. The van der Waals surface area contributed by atoms with E-state index in [4.69, 9.17) is 4.74 Å². The predicted molar refractivity (Wildman–Crippen MR) is 94.7 cm³/mol. The largest absolute Gasteiger partial charge is 0.496 e. The van der Waals surface area contributed by atoms with Crippen molar-refractivity contribution in [1.82, 2.24) is 20.1 Å². The lowest BCUT2D eigenvalue weighted by Gasteiger charge is -2.32. The second kappa shape index (κ2) is 7.48. The molecule has 0 unspecified atom stereocenters. The lowest BCUT2D eigenvalue weighted by Crippen LogP contribution is -2.50. The summed E-state index contributed by atoms with van der Waals surface area (Å²) >= 11 is 0. The maximum absolute atomic E-state index is 12.4. The third kappa shape index (κ3) is 3.88. The molecule has 7 nitrogen and oxygen atoms in total. The van der Waals surface area contributed by atoms with E-state index in [9.17, 15) is 9.59 Å². The summed E-state index contributed by atoms with van der Waals surface area (Å²) in [6.45, 7) is 3.05. The summed E-state index contributed by atoms with van der Waals surface area (Å²) in [6, 6.07) is 9.05. The number of nitrogens with one attached hydrogen (secondary N) is 1. The number of nitrogens with zero attached hydrogens (tertiary/aromatic N) is 3. The number of carbonyl (C=O) groups excluding carboxylic acids is 2. The van der Waals surface area contributed by atoms with Crippen molar-refractivity contribution in [1.29, 1.82) is 0 Å². The molecule has 1 aliphatic heterocycles. The fraction of sp³-hybridized carbons (Fsp3) is 0.389. The number of hydrogen-bond donors (Lipinski definition) is 1. The first-order chi connectivity index (χ1) is 12.1. The Morgan fingerprint density at radius 3 is 2.64 bits per heavy atom. The Bertz CT molecular complexity index is 785. The van der Waals surface area contributed by atoms with Crippen molar-refractivity contribution in [2.75, 3.05) is 46.9 Å². The van der Waals surface area contributed by atoms with Gasteiger partial charge >= 0.3 is 0 Å². The van der Waals surface area contributed by atoms with Gasteiger partial charge in [-0.1, -0.05) is 12.1 Å². The van der Waals surface area contributed by atoms with Gasteiger partial charge in [-0.05, 0) is 19.2 Å². The van der Waals surface area contributed by atoms with Crippen molar-refractivity contribution in [3.8, 4) is 5.75 Å². The van der Waals surface area contributed by atoms with Crippen molar-refractivity contribution in [3.05, 3.63) is 36.0 Å². The molecule has 7 heteroatoms. The summed E-state index contributed by atoms with van der Waals surface area (Å²) in [5.41, 5.74) is 0.916. The molecule has 3 rings (SSSR count). The molecular formula is C18H22N4O3. The number of pyridine rings is 1. The van der Waals surface area contributed by atoms with Gasteiger partial charge in [-0.2, -0.15) is 0 Å². The number of ether oxygens (including phenoxy) is 1. The van der Waals surface area contributed by atoms with Crippen molar-refractivity contribution >= 4 is 22.7 Å². The van der Waals surface area contributed by atoms with Gasteiger partial charge in [0.2, 0.25) is 5.91 Å². The number of carbonyl (C=O) groups is 2. The number of aromatic nitrogens is 1. The SMILES string of the molecule is COc1cc(C(=O)NCC(=O)N2CCN(C)CC2)nc2ccccc12. The summed E-state index contributed by atoms with van der Waals surface area (Å²) in [7, 11) is 3.59. The van der Waals surface area contributed by atoms with Crippen LogP contribution < -0.4 is 10.1 Å². The second-order valence-electron chi connectivity index (χ2n) is 6.09. The molecule has 0 radical (unpaired) electrons. The molecule has 0 saturated carbocycles. The van der Waals surface area contributed by atoms with Crippen molar-refractivity contribution in [2.45, 2.75) is 0 Å². The van der Waals surface area contributed by atoms with Gasteiger partial charge < -0.3 is 19.9 Å². The van der Waals surface area contributed by atoms with Crippen LogP contribution in [0.5, 0.6) is 5.75 Å². The summed E-state index contributed by atoms with van der Waals surface area (Å²) < 4.78 is 5.35. The molecule has 1 fully saturated rings. The van der Waals surface area contributed by atoms with E-state index in [0.29, 0.717) is 24.4 Å². The van der Waals surface area contributed by atoms with Gasteiger partial charge in [-0.3, -0.25) is 9.59 Å². The first kappa shape index (κ1) is 17.2. The number of para-hydroxylation sites is 1. The molecule has 1 saturated heterocycles. The first-order valence-corrected chi connectivity index (χ1v) is 8.27. The maximum Gasteiger partial charge on any atom is 0.270 e. The molecule has 2 heterocycles. The van der Waals surface area contributed by atoms with E-state index in [1.165, 1.54) is 0 Å². The quantitative estimate of drug-likeness (QED) is 0.887. The van der Waals surface area contributed by atoms with Gasteiger partial charge in [0.15, 0.2) is 0 Å². The Balaban J connectivity index is 1.67. The minimum atomic E-state index is -0.383. The van der Waals surface area contributed by atoms with Crippen LogP contribution in [0.1, 0.15) is 10.5 Å². The van der Waals surface area contributed by atoms with Gasteiger partial charge in [0.05, 0.1) is 19.2 Å². The zero-order chi connectivity index (χ0) is 17.8. The Morgan fingerprint density at radius 1 is 1.20 bits per heavy atom. The van der Waals surface area contributed by atoms with Crippen LogP contribution in [0.25, 0.3) is 10.9 Å². The monoisotopic (exact) mass is 342 g/mol. The van der Waals surface area contributed by atoms with E-state index >= 15 is 0 Å². The smallest absolute Gasteiger partial charge is 0.270 e. The van der Waals surface area contributed by atoms with Gasteiger partial charge in [0.1, 0.15) is 11.4 Å².